The van der Waals surface area contributed by atoms with Gasteiger partial charge in [0.1, 0.15) is 4.60 Å². The first-order valence-electron chi connectivity index (χ1n) is 10.5. The quantitative estimate of drug-likeness (QED) is 0.236. The van der Waals surface area contributed by atoms with Crippen LogP contribution in [0.4, 0.5) is 17.1 Å². The molecule has 4 aromatic carbocycles. The standard InChI is InChI=1S/C29H21BrN2/c30-29-20-19-28(21-31-29)32(26-15-11-24(12-16-26)22-7-3-1-4-8-22)27-17-13-25(14-18-27)23-9-5-2-6-10-23/h1-21H. The predicted octanol–water partition coefficient (Wildman–Crippen LogP) is 8.65. The molecule has 3 heteroatoms. The van der Waals surface area contributed by atoms with Gasteiger partial charge in [0.15, 0.2) is 0 Å². The van der Waals surface area contributed by atoms with E-state index in [0.29, 0.717) is 0 Å². The number of halogens is 1. The van der Waals surface area contributed by atoms with Crippen molar-refractivity contribution >= 4 is 33.0 Å². The summed E-state index contributed by atoms with van der Waals surface area (Å²) < 4.78 is 0.819. The van der Waals surface area contributed by atoms with Crippen LogP contribution in [0, 0.1) is 0 Å². The zero-order chi connectivity index (χ0) is 21.8. The number of anilines is 3. The maximum absolute atomic E-state index is 4.46. The predicted molar refractivity (Wildman–Crippen MR) is 137 cm³/mol. The first kappa shape index (κ1) is 20.2. The van der Waals surface area contributed by atoms with Crippen molar-refractivity contribution in [1.82, 2.24) is 4.98 Å². The molecule has 0 fully saturated rings. The number of benzene rings is 4. The summed E-state index contributed by atoms with van der Waals surface area (Å²) in [5.41, 5.74) is 7.99. The van der Waals surface area contributed by atoms with E-state index in [-0.39, 0.29) is 0 Å². The molecule has 0 spiro atoms. The second-order valence-electron chi connectivity index (χ2n) is 7.50. The van der Waals surface area contributed by atoms with Crippen LogP contribution in [0.2, 0.25) is 0 Å². The first-order chi connectivity index (χ1) is 15.8. The van der Waals surface area contributed by atoms with Crippen LogP contribution in [0.1, 0.15) is 0 Å². The molecule has 154 valence electrons. The van der Waals surface area contributed by atoms with Gasteiger partial charge in [0.2, 0.25) is 0 Å². The molecule has 0 aliphatic rings. The van der Waals surface area contributed by atoms with Crippen LogP contribution in [0.25, 0.3) is 22.3 Å². The van der Waals surface area contributed by atoms with Crippen LogP contribution in [0.15, 0.2) is 132 Å². The summed E-state index contributed by atoms with van der Waals surface area (Å²) >= 11 is 3.45. The van der Waals surface area contributed by atoms with Gasteiger partial charge in [-0.2, -0.15) is 0 Å². The van der Waals surface area contributed by atoms with Crippen molar-refractivity contribution in [1.29, 1.82) is 0 Å². The summed E-state index contributed by atoms with van der Waals surface area (Å²) in [6.07, 6.45) is 1.89. The summed E-state index contributed by atoms with van der Waals surface area (Å²) in [6, 6.07) is 42.3. The lowest BCUT2D eigenvalue weighted by Crippen LogP contribution is -2.10. The van der Waals surface area contributed by atoms with Gasteiger partial charge in [-0.05, 0) is 74.6 Å². The molecule has 0 amide bonds. The molecule has 0 bridgehead atoms. The lowest BCUT2D eigenvalue weighted by atomic mass is 10.0. The van der Waals surface area contributed by atoms with Crippen molar-refractivity contribution in [2.45, 2.75) is 0 Å². The van der Waals surface area contributed by atoms with Gasteiger partial charge in [-0.15, -0.1) is 0 Å². The van der Waals surface area contributed by atoms with E-state index in [4.69, 9.17) is 0 Å². The number of aromatic nitrogens is 1. The third kappa shape index (κ3) is 4.34. The Morgan fingerprint density at radius 2 is 0.844 bits per heavy atom. The Morgan fingerprint density at radius 1 is 0.438 bits per heavy atom. The molecule has 0 aliphatic heterocycles. The normalized spacial score (nSPS) is 10.7. The molecule has 0 aliphatic carbocycles. The second kappa shape index (κ2) is 9.21. The van der Waals surface area contributed by atoms with Gasteiger partial charge < -0.3 is 4.90 Å². The topological polar surface area (TPSA) is 16.1 Å². The molecule has 0 saturated carbocycles. The van der Waals surface area contributed by atoms with Crippen molar-refractivity contribution in [3.63, 3.8) is 0 Å². The number of pyridine rings is 1. The Balaban J connectivity index is 1.53. The summed E-state index contributed by atoms with van der Waals surface area (Å²) in [4.78, 5) is 6.68. The minimum atomic E-state index is 0.819. The molecule has 32 heavy (non-hydrogen) atoms. The average molecular weight is 477 g/mol. The molecule has 0 unspecified atom stereocenters. The lowest BCUT2D eigenvalue weighted by Gasteiger charge is -2.25. The van der Waals surface area contributed by atoms with E-state index in [1.807, 2.05) is 24.4 Å². The summed E-state index contributed by atoms with van der Waals surface area (Å²) in [5.74, 6) is 0. The Morgan fingerprint density at radius 3 is 1.25 bits per heavy atom. The van der Waals surface area contributed by atoms with Gasteiger partial charge in [0.05, 0.1) is 11.9 Å². The highest BCUT2D eigenvalue weighted by Crippen LogP contribution is 2.36. The van der Waals surface area contributed by atoms with Crippen LogP contribution >= 0.6 is 15.9 Å². The maximum Gasteiger partial charge on any atom is 0.106 e. The number of rotatable bonds is 5. The van der Waals surface area contributed by atoms with E-state index in [0.717, 1.165) is 21.7 Å². The molecule has 2 nitrogen and oxygen atoms in total. The van der Waals surface area contributed by atoms with E-state index in [1.54, 1.807) is 0 Å². The zero-order valence-corrected chi connectivity index (χ0v) is 19.0. The van der Waals surface area contributed by atoms with Crippen LogP contribution in [0.5, 0.6) is 0 Å². The maximum atomic E-state index is 4.46. The Labute approximate surface area is 197 Å². The van der Waals surface area contributed by atoms with E-state index >= 15 is 0 Å². The summed E-state index contributed by atoms with van der Waals surface area (Å²) in [5, 5.41) is 0. The minimum Gasteiger partial charge on any atom is -0.309 e. The van der Waals surface area contributed by atoms with Crippen molar-refractivity contribution in [2.75, 3.05) is 4.90 Å². The zero-order valence-electron chi connectivity index (χ0n) is 17.4. The van der Waals surface area contributed by atoms with E-state index < -0.39 is 0 Å². The fourth-order valence-corrected chi connectivity index (χ4v) is 4.05. The molecule has 1 heterocycles. The van der Waals surface area contributed by atoms with Gasteiger partial charge in [-0.1, -0.05) is 84.9 Å². The van der Waals surface area contributed by atoms with Gasteiger partial charge in [0, 0.05) is 11.4 Å². The first-order valence-corrected chi connectivity index (χ1v) is 11.3. The molecular weight excluding hydrogens is 456 g/mol. The van der Waals surface area contributed by atoms with Crippen molar-refractivity contribution in [3.05, 3.63) is 132 Å². The smallest absolute Gasteiger partial charge is 0.106 e. The van der Waals surface area contributed by atoms with Gasteiger partial charge in [0.25, 0.3) is 0 Å². The number of hydrogen-bond acceptors (Lipinski definition) is 2. The largest absolute Gasteiger partial charge is 0.309 e. The Hall–Kier alpha value is -3.69. The molecule has 0 atom stereocenters. The van der Waals surface area contributed by atoms with E-state index in [2.05, 4.69) is 129 Å². The van der Waals surface area contributed by atoms with Gasteiger partial charge >= 0.3 is 0 Å². The molecule has 0 saturated heterocycles. The fraction of sp³-hybridized carbons (Fsp3) is 0. The van der Waals surface area contributed by atoms with Crippen molar-refractivity contribution < 1.29 is 0 Å². The van der Waals surface area contributed by atoms with E-state index in [9.17, 15) is 0 Å². The SMILES string of the molecule is Brc1ccc(N(c2ccc(-c3ccccc3)cc2)c2ccc(-c3ccccc3)cc2)cn1. The Kier molecular flexibility index (Phi) is 5.82. The van der Waals surface area contributed by atoms with Crippen molar-refractivity contribution in [2.24, 2.45) is 0 Å². The lowest BCUT2D eigenvalue weighted by molar-refractivity contribution is 1.21. The fourth-order valence-electron chi connectivity index (χ4n) is 3.81. The molecule has 0 N–H and O–H groups in total. The highest BCUT2D eigenvalue weighted by Gasteiger charge is 2.13. The molecule has 5 aromatic rings. The highest BCUT2D eigenvalue weighted by atomic mass is 79.9. The third-order valence-corrected chi connectivity index (χ3v) is 5.90. The Bertz CT molecular complexity index is 1200. The van der Waals surface area contributed by atoms with Crippen LogP contribution in [-0.2, 0) is 0 Å². The summed E-state index contributed by atoms with van der Waals surface area (Å²) in [7, 11) is 0. The summed E-state index contributed by atoms with van der Waals surface area (Å²) in [6.45, 7) is 0. The highest BCUT2D eigenvalue weighted by molar-refractivity contribution is 9.10. The van der Waals surface area contributed by atoms with Crippen LogP contribution in [0.3, 0.4) is 0 Å². The molecule has 1 aromatic heterocycles. The minimum absolute atomic E-state index is 0.819. The second-order valence-corrected chi connectivity index (χ2v) is 8.31. The average Bonchev–Trinajstić information content (AvgIpc) is 2.87. The van der Waals surface area contributed by atoms with Crippen molar-refractivity contribution in [3.8, 4) is 22.3 Å². The molecular formula is C29H21BrN2. The van der Waals surface area contributed by atoms with Crippen LogP contribution in [-0.4, -0.2) is 4.98 Å². The van der Waals surface area contributed by atoms with Gasteiger partial charge in [-0.25, -0.2) is 4.98 Å². The molecule has 0 radical (unpaired) electrons. The van der Waals surface area contributed by atoms with Gasteiger partial charge in [-0.3, -0.25) is 0 Å². The monoisotopic (exact) mass is 476 g/mol. The third-order valence-electron chi connectivity index (χ3n) is 5.44. The van der Waals surface area contributed by atoms with E-state index in [1.165, 1.54) is 22.3 Å². The van der Waals surface area contributed by atoms with Crippen LogP contribution < -0.4 is 4.90 Å². The molecule has 5 rings (SSSR count). The number of nitrogens with zero attached hydrogens (tertiary/aromatic N) is 2. The number of hydrogen-bond donors (Lipinski definition) is 0.